The van der Waals surface area contributed by atoms with E-state index in [2.05, 4.69) is 15.9 Å². The lowest BCUT2D eigenvalue weighted by atomic mass is 10.0. The Bertz CT molecular complexity index is 626. The number of aliphatic hydroxyl groups excluding tert-OH is 3. The van der Waals surface area contributed by atoms with Crippen LogP contribution in [0.15, 0.2) is 32.9 Å². The molecule has 0 aliphatic carbocycles. The summed E-state index contributed by atoms with van der Waals surface area (Å²) in [6.45, 7) is -0.534. The lowest BCUT2D eigenvalue weighted by molar-refractivity contribution is -0.115. The summed E-state index contributed by atoms with van der Waals surface area (Å²) in [6.07, 6.45) is -1.51. The summed E-state index contributed by atoms with van der Waals surface area (Å²) in [5.74, 6) is 0. The van der Waals surface area contributed by atoms with E-state index < -0.39 is 41.9 Å². The third kappa shape index (κ3) is 2.27. The van der Waals surface area contributed by atoms with Crippen LogP contribution >= 0.6 is 15.9 Å². The van der Waals surface area contributed by atoms with E-state index in [1.807, 2.05) is 4.98 Å². The number of nitrogens with one attached hydrogen (secondary N) is 1. The zero-order chi connectivity index (χ0) is 14.9. The third-order valence-electron chi connectivity index (χ3n) is 3.15. The van der Waals surface area contributed by atoms with E-state index in [4.69, 9.17) is 9.84 Å². The van der Waals surface area contributed by atoms with E-state index in [1.54, 1.807) is 0 Å². The molecule has 1 aromatic heterocycles. The Kier molecular flexibility index (Phi) is 4.25. The Hall–Kier alpha value is -1.26. The Morgan fingerprint density at radius 1 is 1.50 bits per heavy atom. The van der Waals surface area contributed by atoms with Gasteiger partial charge in [0.25, 0.3) is 5.56 Å². The fraction of sp³-hybridized carbons (Fsp3) is 0.455. The van der Waals surface area contributed by atoms with Crippen molar-refractivity contribution in [3.8, 4) is 0 Å². The second-order valence-corrected chi connectivity index (χ2v) is 4.83. The van der Waals surface area contributed by atoms with Gasteiger partial charge in [-0.3, -0.25) is 14.3 Å². The maximum atomic E-state index is 11.9. The van der Waals surface area contributed by atoms with Crippen LogP contribution in [-0.4, -0.2) is 49.8 Å². The minimum atomic E-state index is -1.72. The van der Waals surface area contributed by atoms with Crippen LogP contribution in [0.5, 0.6) is 0 Å². The van der Waals surface area contributed by atoms with Crippen LogP contribution in [0.4, 0.5) is 0 Å². The molecule has 0 amide bonds. The van der Waals surface area contributed by atoms with Crippen molar-refractivity contribution in [2.75, 3.05) is 6.61 Å². The standard InChI is InChI=1S/C11H13BrN2O6/c12-3-2-11(9(18)8(17)6(5-15)20-11)14-4-1-7(16)13-10(14)19/h1-4,6,8-9,15,17-18H,5H2,(H,13,16,19)/b3-2+/t6-,8-,9-,11-/m1/s1. The lowest BCUT2D eigenvalue weighted by Crippen LogP contribution is -2.50. The van der Waals surface area contributed by atoms with Crippen molar-refractivity contribution >= 4 is 15.9 Å². The topological polar surface area (TPSA) is 125 Å². The Morgan fingerprint density at radius 3 is 2.70 bits per heavy atom. The average molecular weight is 349 g/mol. The van der Waals surface area contributed by atoms with Gasteiger partial charge in [-0.2, -0.15) is 0 Å². The van der Waals surface area contributed by atoms with Gasteiger partial charge in [-0.05, 0) is 11.1 Å². The molecule has 0 bridgehead atoms. The molecule has 110 valence electrons. The molecule has 20 heavy (non-hydrogen) atoms. The van der Waals surface area contributed by atoms with E-state index in [0.717, 1.165) is 16.8 Å². The molecule has 0 aromatic carbocycles. The van der Waals surface area contributed by atoms with Crippen molar-refractivity contribution in [2.45, 2.75) is 24.0 Å². The molecule has 0 saturated carbocycles. The molecular formula is C11H13BrN2O6. The van der Waals surface area contributed by atoms with Crippen molar-refractivity contribution in [2.24, 2.45) is 0 Å². The zero-order valence-electron chi connectivity index (χ0n) is 10.1. The van der Waals surface area contributed by atoms with E-state index in [9.17, 15) is 19.8 Å². The highest BCUT2D eigenvalue weighted by molar-refractivity contribution is 9.11. The molecule has 1 aliphatic rings. The molecule has 1 saturated heterocycles. The maximum absolute atomic E-state index is 11.9. The molecule has 1 fully saturated rings. The number of rotatable bonds is 3. The van der Waals surface area contributed by atoms with Gasteiger partial charge >= 0.3 is 5.69 Å². The molecule has 4 atom stereocenters. The summed E-state index contributed by atoms with van der Waals surface area (Å²) in [5, 5.41) is 29.2. The number of hydrogen-bond donors (Lipinski definition) is 4. The van der Waals surface area contributed by atoms with Crippen LogP contribution in [0.25, 0.3) is 0 Å². The van der Waals surface area contributed by atoms with Crippen LogP contribution < -0.4 is 11.2 Å². The van der Waals surface area contributed by atoms with Gasteiger partial charge in [-0.1, -0.05) is 15.9 Å². The second kappa shape index (κ2) is 5.62. The van der Waals surface area contributed by atoms with Gasteiger partial charge in [-0.15, -0.1) is 0 Å². The van der Waals surface area contributed by atoms with Gasteiger partial charge < -0.3 is 20.1 Å². The van der Waals surface area contributed by atoms with Crippen molar-refractivity contribution in [3.05, 3.63) is 44.2 Å². The second-order valence-electron chi connectivity index (χ2n) is 4.30. The highest BCUT2D eigenvalue weighted by atomic mass is 79.9. The predicted octanol–water partition coefficient (Wildman–Crippen LogP) is -1.79. The molecule has 0 unspecified atom stereocenters. The number of aromatic nitrogens is 2. The minimum absolute atomic E-state index is 0.534. The summed E-state index contributed by atoms with van der Waals surface area (Å²) in [7, 11) is 0. The first-order chi connectivity index (χ1) is 9.46. The summed E-state index contributed by atoms with van der Waals surface area (Å²) < 4.78 is 6.38. The monoisotopic (exact) mass is 348 g/mol. The molecule has 0 radical (unpaired) electrons. The fourth-order valence-electron chi connectivity index (χ4n) is 2.18. The highest BCUT2D eigenvalue weighted by Gasteiger charge is 2.54. The van der Waals surface area contributed by atoms with Crippen LogP contribution in [0, 0.1) is 0 Å². The van der Waals surface area contributed by atoms with Crippen molar-refractivity contribution in [1.29, 1.82) is 0 Å². The number of hydrogen-bond acceptors (Lipinski definition) is 6. The van der Waals surface area contributed by atoms with E-state index >= 15 is 0 Å². The number of nitrogens with zero attached hydrogens (tertiary/aromatic N) is 1. The number of halogens is 1. The molecule has 2 heterocycles. The molecule has 8 nitrogen and oxygen atoms in total. The Labute approximate surface area is 121 Å². The Morgan fingerprint density at radius 2 is 2.20 bits per heavy atom. The summed E-state index contributed by atoms with van der Waals surface area (Å²) in [4.78, 5) is 26.4. The third-order valence-corrected chi connectivity index (χ3v) is 3.41. The SMILES string of the molecule is O=c1ccn([C@]2(/C=C/Br)O[C@H](CO)[C@@H](O)[C@H]2O)c(=O)[nH]1. The maximum Gasteiger partial charge on any atom is 0.331 e. The molecule has 9 heteroatoms. The Balaban J connectivity index is 2.62. The van der Waals surface area contributed by atoms with Gasteiger partial charge in [0.15, 0.2) is 5.72 Å². The van der Waals surface area contributed by atoms with Gasteiger partial charge in [-0.25, -0.2) is 4.79 Å². The van der Waals surface area contributed by atoms with E-state index in [0.29, 0.717) is 0 Å². The highest BCUT2D eigenvalue weighted by Crippen LogP contribution is 2.36. The minimum Gasteiger partial charge on any atom is -0.394 e. The van der Waals surface area contributed by atoms with Gasteiger partial charge in [0.05, 0.1) is 6.61 Å². The zero-order valence-corrected chi connectivity index (χ0v) is 11.7. The van der Waals surface area contributed by atoms with Crippen molar-refractivity contribution < 1.29 is 20.1 Å². The smallest absolute Gasteiger partial charge is 0.331 e. The lowest BCUT2D eigenvalue weighted by Gasteiger charge is -2.30. The van der Waals surface area contributed by atoms with Gasteiger partial charge in [0.1, 0.15) is 18.3 Å². The van der Waals surface area contributed by atoms with E-state index in [-0.39, 0.29) is 0 Å². The molecular weight excluding hydrogens is 336 g/mol. The largest absolute Gasteiger partial charge is 0.394 e. The van der Waals surface area contributed by atoms with Gasteiger partial charge in [0.2, 0.25) is 0 Å². The van der Waals surface area contributed by atoms with Crippen LogP contribution in [0.1, 0.15) is 0 Å². The summed E-state index contributed by atoms with van der Waals surface area (Å²) in [6, 6.07) is 1.08. The quantitative estimate of drug-likeness (QED) is 0.511. The summed E-state index contributed by atoms with van der Waals surface area (Å²) in [5.41, 5.74) is -3.14. The van der Waals surface area contributed by atoms with Gasteiger partial charge in [0, 0.05) is 12.3 Å². The number of aliphatic hydroxyl groups is 3. The molecule has 1 aromatic rings. The first-order valence-electron chi connectivity index (χ1n) is 5.71. The first-order valence-corrected chi connectivity index (χ1v) is 6.63. The fourth-order valence-corrected chi connectivity index (χ4v) is 2.55. The predicted molar refractivity (Wildman–Crippen MR) is 71.3 cm³/mol. The normalized spacial score (nSPS) is 33.9. The van der Waals surface area contributed by atoms with Crippen LogP contribution in [0.2, 0.25) is 0 Å². The van der Waals surface area contributed by atoms with Crippen LogP contribution in [0.3, 0.4) is 0 Å². The average Bonchev–Trinajstić information content (AvgIpc) is 2.65. The van der Waals surface area contributed by atoms with Crippen molar-refractivity contribution in [1.82, 2.24) is 9.55 Å². The van der Waals surface area contributed by atoms with E-state index in [1.165, 1.54) is 11.1 Å². The number of aromatic amines is 1. The molecule has 0 spiro atoms. The first kappa shape index (κ1) is 15.1. The number of H-pyrrole nitrogens is 1. The number of ether oxygens (including phenoxy) is 1. The molecule has 4 N–H and O–H groups in total. The summed E-state index contributed by atoms with van der Waals surface area (Å²) >= 11 is 3.02. The van der Waals surface area contributed by atoms with Crippen LogP contribution in [-0.2, 0) is 10.5 Å². The molecule has 2 rings (SSSR count). The van der Waals surface area contributed by atoms with Crippen molar-refractivity contribution in [3.63, 3.8) is 0 Å². The molecule has 1 aliphatic heterocycles.